The number of rotatable bonds is 12. The number of unbranched alkanes of at least 4 members (excludes halogenated alkanes) is 6. The van der Waals surface area contributed by atoms with Crippen LogP contribution in [0.3, 0.4) is 0 Å². The van der Waals surface area contributed by atoms with Crippen LogP contribution in [0.5, 0.6) is 0 Å². The third-order valence-corrected chi connectivity index (χ3v) is 4.19. The van der Waals surface area contributed by atoms with Gasteiger partial charge in [0.1, 0.15) is 5.76 Å². The van der Waals surface area contributed by atoms with Gasteiger partial charge in [-0.3, -0.25) is 0 Å². The highest BCUT2D eigenvalue weighted by atomic mass is 16.3. The lowest BCUT2D eigenvalue weighted by Crippen LogP contribution is -2.02. The highest BCUT2D eigenvalue weighted by molar-refractivity contribution is 5.12. The largest absolute Gasteiger partial charge is 0.448 e. The lowest BCUT2D eigenvalue weighted by atomic mass is 9.91. The fraction of sp³-hybridized carbons (Fsp3) is 0.833. The normalized spacial score (nSPS) is 11.4. The number of nitrogens with zero attached hydrogens (tertiary/aromatic N) is 1. The van der Waals surface area contributed by atoms with E-state index in [-0.39, 0.29) is 0 Å². The standard InChI is InChI=1S/C18H33NO/c1-4-7-9-11-13-16(14-12-10-8-5-2)18-17(6-3)19-15-20-18/h15-16H,4-14H2,1-3H3. The maximum atomic E-state index is 5.72. The van der Waals surface area contributed by atoms with Gasteiger partial charge < -0.3 is 4.42 Å². The van der Waals surface area contributed by atoms with Crippen LogP contribution in [0.15, 0.2) is 10.8 Å². The summed E-state index contributed by atoms with van der Waals surface area (Å²) in [4.78, 5) is 4.38. The van der Waals surface area contributed by atoms with E-state index in [1.807, 2.05) is 0 Å². The zero-order valence-electron chi connectivity index (χ0n) is 13.8. The van der Waals surface area contributed by atoms with Crippen molar-refractivity contribution in [3.63, 3.8) is 0 Å². The number of aromatic nitrogens is 1. The molecule has 2 nitrogen and oxygen atoms in total. The summed E-state index contributed by atoms with van der Waals surface area (Å²) in [5.41, 5.74) is 1.18. The highest BCUT2D eigenvalue weighted by Gasteiger charge is 2.18. The Morgan fingerprint density at radius 2 is 1.50 bits per heavy atom. The second kappa shape index (κ2) is 10.9. The molecule has 1 aromatic rings. The predicted octanol–water partition coefficient (Wildman–Crippen LogP) is 6.26. The second-order valence-corrected chi connectivity index (χ2v) is 5.91. The van der Waals surface area contributed by atoms with Gasteiger partial charge in [-0.1, -0.05) is 72.1 Å². The molecule has 1 aromatic heterocycles. The first-order chi connectivity index (χ1) is 9.83. The zero-order chi connectivity index (χ0) is 14.6. The summed E-state index contributed by atoms with van der Waals surface area (Å²) in [5, 5.41) is 0. The van der Waals surface area contributed by atoms with E-state index in [1.54, 1.807) is 6.39 Å². The molecule has 116 valence electrons. The van der Waals surface area contributed by atoms with Crippen molar-refractivity contribution in [2.75, 3.05) is 0 Å². The van der Waals surface area contributed by atoms with Gasteiger partial charge in [-0.05, 0) is 19.3 Å². The molecule has 0 amide bonds. The van der Waals surface area contributed by atoms with Crippen molar-refractivity contribution in [3.8, 4) is 0 Å². The third-order valence-electron chi connectivity index (χ3n) is 4.19. The van der Waals surface area contributed by atoms with Crippen LogP contribution in [0.4, 0.5) is 0 Å². The SMILES string of the molecule is CCCCCCC(CCCCCC)c1ocnc1CC. The fourth-order valence-electron chi connectivity index (χ4n) is 2.92. The van der Waals surface area contributed by atoms with E-state index < -0.39 is 0 Å². The minimum Gasteiger partial charge on any atom is -0.448 e. The summed E-state index contributed by atoms with van der Waals surface area (Å²) >= 11 is 0. The van der Waals surface area contributed by atoms with Crippen LogP contribution in [0, 0.1) is 0 Å². The molecule has 0 fully saturated rings. The summed E-state index contributed by atoms with van der Waals surface area (Å²) in [6.07, 6.45) is 15.9. The summed E-state index contributed by atoms with van der Waals surface area (Å²) in [6, 6.07) is 0. The van der Waals surface area contributed by atoms with E-state index in [2.05, 4.69) is 25.8 Å². The average Bonchev–Trinajstić information content (AvgIpc) is 2.94. The van der Waals surface area contributed by atoms with Crippen LogP contribution in [-0.2, 0) is 6.42 Å². The van der Waals surface area contributed by atoms with Crippen LogP contribution >= 0.6 is 0 Å². The van der Waals surface area contributed by atoms with Gasteiger partial charge in [-0.25, -0.2) is 4.98 Å². The summed E-state index contributed by atoms with van der Waals surface area (Å²) in [5.74, 6) is 1.78. The van der Waals surface area contributed by atoms with Crippen LogP contribution in [-0.4, -0.2) is 4.98 Å². The van der Waals surface area contributed by atoms with Crippen LogP contribution in [0.25, 0.3) is 0 Å². The number of oxazole rings is 1. The summed E-state index contributed by atoms with van der Waals surface area (Å²) in [7, 11) is 0. The molecule has 2 heteroatoms. The molecule has 0 spiro atoms. The second-order valence-electron chi connectivity index (χ2n) is 5.91. The molecule has 0 saturated carbocycles. The molecular weight excluding hydrogens is 246 g/mol. The van der Waals surface area contributed by atoms with E-state index in [0.29, 0.717) is 5.92 Å². The van der Waals surface area contributed by atoms with Crippen molar-refractivity contribution in [3.05, 3.63) is 17.8 Å². The topological polar surface area (TPSA) is 26.0 Å². The Labute approximate surface area is 125 Å². The van der Waals surface area contributed by atoms with E-state index in [4.69, 9.17) is 4.42 Å². The molecule has 0 aliphatic carbocycles. The van der Waals surface area contributed by atoms with Crippen molar-refractivity contribution < 1.29 is 4.42 Å². The molecule has 0 atom stereocenters. The van der Waals surface area contributed by atoms with Crippen molar-refractivity contribution >= 4 is 0 Å². The minimum atomic E-state index is 0.598. The van der Waals surface area contributed by atoms with Gasteiger partial charge in [0.05, 0.1) is 5.69 Å². The van der Waals surface area contributed by atoms with Gasteiger partial charge in [0.15, 0.2) is 6.39 Å². The molecule has 0 aliphatic rings. The molecule has 0 unspecified atom stereocenters. The Hall–Kier alpha value is -0.790. The molecule has 0 N–H and O–H groups in total. The Kier molecular flexibility index (Phi) is 9.44. The van der Waals surface area contributed by atoms with Crippen molar-refractivity contribution in [1.82, 2.24) is 4.98 Å². The van der Waals surface area contributed by atoms with Crippen molar-refractivity contribution in [1.29, 1.82) is 0 Å². The van der Waals surface area contributed by atoms with E-state index >= 15 is 0 Å². The Balaban J connectivity index is 2.49. The van der Waals surface area contributed by atoms with Gasteiger partial charge >= 0.3 is 0 Å². The van der Waals surface area contributed by atoms with Gasteiger partial charge in [-0.2, -0.15) is 0 Å². The average molecular weight is 279 g/mol. The molecule has 0 radical (unpaired) electrons. The first-order valence-electron chi connectivity index (χ1n) is 8.75. The molecule has 0 bridgehead atoms. The molecule has 1 rings (SSSR count). The van der Waals surface area contributed by atoms with E-state index in [0.717, 1.165) is 6.42 Å². The lowest BCUT2D eigenvalue weighted by molar-refractivity contribution is 0.402. The Bertz CT molecular complexity index is 320. The monoisotopic (exact) mass is 279 g/mol. The Morgan fingerprint density at radius 1 is 0.900 bits per heavy atom. The zero-order valence-corrected chi connectivity index (χ0v) is 13.8. The molecule has 1 heterocycles. The fourth-order valence-corrected chi connectivity index (χ4v) is 2.92. The molecule has 20 heavy (non-hydrogen) atoms. The lowest BCUT2D eigenvalue weighted by Gasteiger charge is -2.15. The molecule has 0 aliphatic heterocycles. The molecule has 0 aromatic carbocycles. The first kappa shape index (κ1) is 17.3. The van der Waals surface area contributed by atoms with Gasteiger partial charge in [0.2, 0.25) is 0 Å². The quantitative estimate of drug-likeness (QED) is 0.422. The van der Waals surface area contributed by atoms with Gasteiger partial charge in [0, 0.05) is 5.92 Å². The minimum absolute atomic E-state index is 0.598. The smallest absolute Gasteiger partial charge is 0.181 e. The summed E-state index contributed by atoms with van der Waals surface area (Å²) in [6.45, 7) is 6.72. The summed E-state index contributed by atoms with van der Waals surface area (Å²) < 4.78 is 5.72. The van der Waals surface area contributed by atoms with Crippen LogP contribution in [0.1, 0.15) is 102 Å². The Morgan fingerprint density at radius 3 is 2.00 bits per heavy atom. The van der Waals surface area contributed by atoms with Gasteiger partial charge in [0.25, 0.3) is 0 Å². The van der Waals surface area contributed by atoms with Crippen molar-refractivity contribution in [2.24, 2.45) is 0 Å². The third kappa shape index (κ3) is 6.11. The predicted molar refractivity (Wildman–Crippen MR) is 86.1 cm³/mol. The maximum absolute atomic E-state index is 5.72. The van der Waals surface area contributed by atoms with Crippen LogP contribution < -0.4 is 0 Å². The number of aryl methyl sites for hydroxylation is 1. The highest BCUT2D eigenvalue weighted by Crippen LogP contribution is 2.30. The van der Waals surface area contributed by atoms with Gasteiger partial charge in [-0.15, -0.1) is 0 Å². The number of hydrogen-bond acceptors (Lipinski definition) is 2. The molecular formula is C18H33NO. The number of hydrogen-bond donors (Lipinski definition) is 0. The maximum Gasteiger partial charge on any atom is 0.181 e. The molecule has 0 saturated heterocycles. The van der Waals surface area contributed by atoms with Crippen LogP contribution in [0.2, 0.25) is 0 Å². The first-order valence-corrected chi connectivity index (χ1v) is 8.75. The van der Waals surface area contributed by atoms with E-state index in [1.165, 1.54) is 75.7 Å². The van der Waals surface area contributed by atoms with Crippen molar-refractivity contribution in [2.45, 2.75) is 97.3 Å². The van der Waals surface area contributed by atoms with E-state index in [9.17, 15) is 0 Å².